The summed E-state index contributed by atoms with van der Waals surface area (Å²) in [5, 5.41) is 8.82. The third-order valence-electron chi connectivity index (χ3n) is 6.05. The minimum atomic E-state index is -0.572. The zero-order valence-corrected chi connectivity index (χ0v) is 16.1. The van der Waals surface area contributed by atoms with Gasteiger partial charge >= 0.3 is 11.8 Å². The summed E-state index contributed by atoms with van der Waals surface area (Å²) < 4.78 is 11.4. The van der Waals surface area contributed by atoms with E-state index in [-0.39, 0.29) is 23.0 Å². The molecule has 2 unspecified atom stereocenters. The van der Waals surface area contributed by atoms with Crippen LogP contribution in [0.5, 0.6) is 0 Å². The van der Waals surface area contributed by atoms with Crippen molar-refractivity contribution in [1.82, 2.24) is 16.0 Å². The Bertz CT molecular complexity index is 507. The first-order chi connectivity index (χ1) is 12.4. The lowest BCUT2D eigenvalue weighted by Crippen LogP contribution is -2.48. The topological polar surface area (TPSA) is 88.7 Å². The molecular weight excluding hydrogens is 334 g/mol. The van der Waals surface area contributed by atoms with E-state index in [9.17, 15) is 9.59 Å². The Kier molecular flexibility index (Phi) is 6.20. The molecule has 3 N–H and O–H groups in total. The minimum Gasteiger partial charge on any atom is -0.381 e. The van der Waals surface area contributed by atoms with Gasteiger partial charge in [-0.2, -0.15) is 0 Å². The van der Waals surface area contributed by atoms with Crippen LogP contribution in [0.2, 0.25) is 0 Å². The second kappa shape index (κ2) is 8.23. The van der Waals surface area contributed by atoms with Gasteiger partial charge in [0.15, 0.2) is 0 Å². The molecule has 3 rings (SSSR count). The third-order valence-corrected chi connectivity index (χ3v) is 6.05. The molecule has 148 valence electrons. The average molecular weight is 367 g/mol. The first-order valence-electron chi connectivity index (χ1n) is 9.86. The molecule has 2 amide bonds. The molecule has 3 aliphatic rings. The standard InChI is InChI=1S/C19H33N3O4/c1-18(2)9-14(22-12-18)10-20-16(23)17(24)21-11-15-3-4-19(13-26-15)5-7-25-8-6-19/h14-15,22H,3-13H2,1-2H3,(H,20,23)(H,21,24). The van der Waals surface area contributed by atoms with Gasteiger partial charge in [-0.1, -0.05) is 13.8 Å². The molecule has 3 aliphatic heterocycles. The highest BCUT2D eigenvalue weighted by Gasteiger charge is 2.37. The van der Waals surface area contributed by atoms with Crippen LogP contribution in [0.4, 0.5) is 0 Å². The summed E-state index contributed by atoms with van der Waals surface area (Å²) in [5.41, 5.74) is 0.510. The summed E-state index contributed by atoms with van der Waals surface area (Å²) in [6, 6.07) is 0.235. The molecule has 3 fully saturated rings. The normalized spacial score (nSPS) is 30.1. The molecule has 0 aliphatic carbocycles. The quantitative estimate of drug-likeness (QED) is 0.633. The molecule has 3 heterocycles. The maximum atomic E-state index is 12.0. The monoisotopic (exact) mass is 367 g/mol. The fraction of sp³-hybridized carbons (Fsp3) is 0.895. The minimum absolute atomic E-state index is 0.00230. The maximum Gasteiger partial charge on any atom is 0.309 e. The number of hydrogen-bond donors (Lipinski definition) is 3. The van der Waals surface area contributed by atoms with Gasteiger partial charge in [-0.15, -0.1) is 0 Å². The lowest BCUT2D eigenvalue weighted by Gasteiger charge is -2.42. The summed E-state index contributed by atoms with van der Waals surface area (Å²) in [5.74, 6) is -1.13. The van der Waals surface area contributed by atoms with Gasteiger partial charge in [0, 0.05) is 38.9 Å². The number of amides is 2. The van der Waals surface area contributed by atoms with Gasteiger partial charge in [-0.05, 0) is 42.9 Å². The van der Waals surface area contributed by atoms with Gasteiger partial charge in [-0.25, -0.2) is 0 Å². The Labute approximate surface area is 155 Å². The van der Waals surface area contributed by atoms with Crippen molar-refractivity contribution >= 4 is 11.8 Å². The largest absolute Gasteiger partial charge is 0.381 e. The van der Waals surface area contributed by atoms with Crippen molar-refractivity contribution in [3.8, 4) is 0 Å². The highest BCUT2D eigenvalue weighted by atomic mass is 16.5. The van der Waals surface area contributed by atoms with Crippen LogP contribution in [-0.4, -0.2) is 63.4 Å². The van der Waals surface area contributed by atoms with Crippen LogP contribution >= 0.6 is 0 Å². The first kappa shape index (κ1) is 19.6. The predicted molar refractivity (Wildman–Crippen MR) is 97.7 cm³/mol. The zero-order chi connectivity index (χ0) is 18.6. The number of hydrogen-bond acceptors (Lipinski definition) is 5. The van der Waals surface area contributed by atoms with E-state index in [4.69, 9.17) is 9.47 Å². The molecule has 3 saturated heterocycles. The van der Waals surface area contributed by atoms with Gasteiger partial charge in [0.1, 0.15) is 0 Å². The Morgan fingerprint density at radius 1 is 1.08 bits per heavy atom. The molecule has 0 aromatic carbocycles. The Morgan fingerprint density at radius 3 is 2.35 bits per heavy atom. The molecule has 0 aromatic rings. The summed E-state index contributed by atoms with van der Waals surface area (Å²) in [6.45, 7) is 8.58. The van der Waals surface area contributed by atoms with Crippen LogP contribution in [0.15, 0.2) is 0 Å². The van der Waals surface area contributed by atoms with Crippen LogP contribution in [0, 0.1) is 10.8 Å². The second-order valence-corrected chi connectivity index (χ2v) is 8.95. The second-order valence-electron chi connectivity index (χ2n) is 8.95. The SMILES string of the molecule is CC1(C)CNC(CNC(=O)C(=O)NCC2CCC3(CCOCC3)CO2)C1. The van der Waals surface area contributed by atoms with Crippen LogP contribution < -0.4 is 16.0 Å². The van der Waals surface area contributed by atoms with E-state index in [1.54, 1.807) is 0 Å². The molecule has 0 bridgehead atoms. The fourth-order valence-corrected chi connectivity index (χ4v) is 4.24. The van der Waals surface area contributed by atoms with Crippen LogP contribution in [-0.2, 0) is 19.1 Å². The summed E-state index contributed by atoms with van der Waals surface area (Å²) in [6.07, 6.45) is 5.13. The number of rotatable bonds is 4. The van der Waals surface area contributed by atoms with E-state index in [0.717, 1.165) is 58.5 Å². The van der Waals surface area contributed by atoms with Gasteiger partial charge < -0.3 is 25.4 Å². The maximum absolute atomic E-state index is 12.0. The first-order valence-corrected chi connectivity index (χ1v) is 9.86. The highest BCUT2D eigenvalue weighted by molar-refractivity contribution is 6.35. The van der Waals surface area contributed by atoms with E-state index in [1.807, 2.05) is 0 Å². The van der Waals surface area contributed by atoms with Crippen molar-refractivity contribution in [2.75, 3.05) is 39.5 Å². The number of carbonyl (C=O) groups is 2. The molecule has 0 radical (unpaired) electrons. The Hall–Kier alpha value is -1.18. The fourth-order valence-electron chi connectivity index (χ4n) is 4.24. The van der Waals surface area contributed by atoms with Gasteiger partial charge in [0.25, 0.3) is 0 Å². The lowest BCUT2D eigenvalue weighted by atomic mass is 9.75. The molecule has 7 nitrogen and oxygen atoms in total. The van der Waals surface area contributed by atoms with Gasteiger partial charge in [0.2, 0.25) is 0 Å². The van der Waals surface area contributed by atoms with E-state index in [2.05, 4.69) is 29.8 Å². The Morgan fingerprint density at radius 2 is 1.77 bits per heavy atom. The van der Waals surface area contributed by atoms with Crippen LogP contribution in [0.3, 0.4) is 0 Å². The van der Waals surface area contributed by atoms with E-state index < -0.39 is 11.8 Å². The number of nitrogens with one attached hydrogen (secondary N) is 3. The predicted octanol–water partition coefficient (Wildman–Crippen LogP) is 0.583. The average Bonchev–Trinajstić information content (AvgIpc) is 2.98. The summed E-state index contributed by atoms with van der Waals surface area (Å²) in [7, 11) is 0. The van der Waals surface area contributed by atoms with E-state index in [0.29, 0.717) is 13.1 Å². The van der Waals surface area contributed by atoms with E-state index >= 15 is 0 Å². The van der Waals surface area contributed by atoms with Crippen molar-refractivity contribution in [2.24, 2.45) is 10.8 Å². The van der Waals surface area contributed by atoms with Crippen LogP contribution in [0.1, 0.15) is 46.0 Å². The van der Waals surface area contributed by atoms with Crippen LogP contribution in [0.25, 0.3) is 0 Å². The molecule has 1 spiro atoms. The van der Waals surface area contributed by atoms with Crippen molar-refractivity contribution < 1.29 is 19.1 Å². The molecule has 2 atom stereocenters. The van der Waals surface area contributed by atoms with Crippen molar-refractivity contribution in [3.05, 3.63) is 0 Å². The highest BCUT2D eigenvalue weighted by Crippen LogP contribution is 2.39. The third kappa shape index (κ3) is 5.18. The van der Waals surface area contributed by atoms with Crippen molar-refractivity contribution in [2.45, 2.75) is 58.1 Å². The zero-order valence-electron chi connectivity index (χ0n) is 16.1. The smallest absolute Gasteiger partial charge is 0.309 e. The summed E-state index contributed by atoms with van der Waals surface area (Å²) >= 11 is 0. The molecule has 0 aromatic heterocycles. The van der Waals surface area contributed by atoms with Crippen molar-refractivity contribution in [1.29, 1.82) is 0 Å². The van der Waals surface area contributed by atoms with Crippen molar-refractivity contribution in [3.63, 3.8) is 0 Å². The van der Waals surface area contributed by atoms with Gasteiger partial charge in [-0.3, -0.25) is 9.59 Å². The molecule has 0 saturated carbocycles. The Balaban J connectivity index is 1.32. The van der Waals surface area contributed by atoms with Gasteiger partial charge in [0.05, 0.1) is 12.7 Å². The van der Waals surface area contributed by atoms with E-state index in [1.165, 1.54) is 0 Å². The number of ether oxygens (including phenoxy) is 2. The molecule has 7 heteroatoms. The number of carbonyl (C=O) groups excluding carboxylic acids is 2. The molecule has 26 heavy (non-hydrogen) atoms. The lowest BCUT2D eigenvalue weighted by molar-refractivity contribution is -0.140. The molecular formula is C19H33N3O4. The summed E-state index contributed by atoms with van der Waals surface area (Å²) in [4.78, 5) is 24.0.